The third-order valence-electron chi connectivity index (χ3n) is 4.52. The Morgan fingerprint density at radius 1 is 1.00 bits per heavy atom. The maximum atomic E-state index is 12.6. The number of para-hydroxylation sites is 2. The molecule has 0 saturated heterocycles. The van der Waals surface area contributed by atoms with Crippen LogP contribution in [-0.2, 0) is 4.79 Å². The molecule has 0 saturated carbocycles. The number of hydrogen-bond donors (Lipinski definition) is 2. The van der Waals surface area contributed by atoms with Crippen molar-refractivity contribution in [1.82, 2.24) is 15.0 Å². The van der Waals surface area contributed by atoms with Crippen LogP contribution in [0.1, 0.15) is 11.3 Å². The van der Waals surface area contributed by atoms with E-state index in [2.05, 4.69) is 15.3 Å². The molecule has 6 heteroatoms. The van der Waals surface area contributed by atoms with Gasteiger partial charge in [-0.15, -0.1) is 0 Å². The van der Waals surface area contributed by atoms with Gasteiger partial charge in [-0.3, -0.25) is 4.79 Å². The monoisotopic (exact) mass is 342 g/mol. The van der Waals surface area contributed by atoms with Crippen molar-refractivity contribution in [3.63, 3.8) is 0 Å². The molecule has 0 bridgehead atoms. The largest absolute Gasteiger partial charge is 0.495 e. The van der Waals surface area contributed by atoms with Gasteiger partial charge in [0.05, 0.1) is 46.1 Å². The van der Waals surface area contributed by atoms with Gasteiger partial charge in [0.15, 0.2) is 0 Å². The van der Waals surface area contributed by atoms with Gasteiger partial charge in [0.2, 0.25) is 0 Å². The molecule has 0 atom stereocenters. The van der Waals surface area contributed by atoms with Gasteiger partial charge in [-0.25, -0.2) is 9.97 Å². The normalized spacial score (nSPS) is 14.8. The van der Waals surface area contributed by atoms with Crippen molar-refractivity contribution in [1.29, 1.82) is 0 Å². The molecule has 1 amide bonds. The minimum absolute atomic E-state index is 0.167. The average Bonchev–Trinajstić information content (AvgIpc) is 3.24. The summed E-state index contributed by atoms with van der Waals surface area (Å²) in [5.41, 5.74) is 5.86. The molecule has 1 aliphatic rings. The summed E-state index contributed by atoms with van der Waals surface area (Å²) in [6, 6.07) is 13.3. The Labute approximate surface area is 148 Å². The Kier molecular flexibility index (Phi) is 3.05. The zero-order chi connectivity index (χ0) is 17.7. The highest BCUT2D eigenvalue weighted by molar-refractivity contribution is 6.37. The quantitative estimate of drug-likeness (QED) is 0.431. The second kappa shape index (κ2) is 5.42. The van der Waals surface area contributed by atoms with Gasteiger partial charge in [0.1, 0.15) is 5.75 Å². The summed E-state index contributed by atoms with van der Waals surface area (Å²) in [6.07, 6.45) is 3.56. The summed E-state index contributed by atoms with van der Waals surface area (Å²) in [4.78, 5) is 25.1. The summed E-state index contributed by atoms with van der Waals surface area (Å²) >= 11 is 0. The Bertz CT molecular complexity index is 1220. The molecule has 2 aromatic carbocycles. The van der Waals surface area contributed by atoms with Crippen molar-refractivity contribution < 1.29 is 9.53 Å². The molecular formula is C20H14N4O2. The van der Waals surface area contributed by atoms with Crippen LogP contribution in [0.3, 0.4) is 0 Å². The maximum Gasteiger partial charge on any atom is 0.256 e. The standard InChI is InChI=1S/C20H14N4O2/c1-26-17-8-9-21-16(17)10-11-18-14(24-20(11)25)6-7-15-19(18)23-13-5-3-2-4-12(13)22-15/h2-10,21H,1H3,(H,24,25). The van der Waals surface area contributed by atoms with Crippen molar-refractivity contribution >= 4 is 45.3 Å². The molecule has 6 nitrogen and oxygen atoms in total. The first-order chi connectivity index (χ1) is 12.7. The Morgan fingerprint density at radius 2 is 1.81 bits per heavy atom. The summed E-state index contributed by atoms with van der Waals surface area (Å²) in [7, 11) is 1.60. The number of nitrogens with one attached hydrogen (secondary N) is 2. The lowest BCUT2D eigenvalue weighted by Crippen LogP contribution is -2.03. The van der Waals surface area contributed by atoms with E-state index in [0.717, 1.165) is 33.5 Å². The van der Waals surface area contributed by atoms with Crippen LogP contribution in [0.4, 0.5) is 5.69 Å². The molecular weight excluding hydrogens is 328 g/mol. The number of methoxy groups -OCH3 is 1. The van der Waals surface area contributed by atoms with E-state index in [-0.39, 0.29) is 5.91 Å². The molecule has 0 fully saturated rings. The Hall–Kier alpha value is -3.67. The van der Waals surface area contributed by atoms with Crippen molar-refractivity contribution in [3.8, 4) is 5.75 Å². The third-order valence-corrected chi connectivity index (χ3v) is 4.52. The zero-order valence-corrected chi connectivity index (χ0v) is 13.9. The van der Waals surface area contributed by atoms with Gasteiger partial charge in [-0.1, -0.05) is 12.1 Å². The minimum atomic E-state index is -0.167. The highest BCUT2D eigenvalue weighted by Crippen LogP contribution is 2.38. The number of hydrogen-bond acceptors (Lipinski definition) is 4. The topological polar surface area (TPSA) is 79.9 Å². The van der Waals surface area contributed by atoms with E-state index in [1.807, 2.05) is 42.5 Å². The number of H-pyrrole nitrogens is 1. The second-order valence-corrected chi connectivity index (χ2v) is 6.04. The summed E-state index contributed by atoms with van der Waals surface area (Å²) < 4.78 is 5.33. The fourth-order valence-corrected chi connectivity index (χ4v) is 3.31. The van der Waals surface area contributed by atoms with Crippen LogP contribution < -0.4 is 10.1 Å². The number of amides is 1. The van der Waals surface area contributed by atoms with Crippen LogP contribution in [0.5, 0.6) is 5.75 Å². The molecule has 4 aromatic rings. The van der Waals surface area contributed by atoms with Gasteiger partial charge >= 0.3 is 0 Å². The van der Waals surface area contributed by atoms with Crippen LogP contribution in [-0.4, -0.2) is 28.0 Å². The van der Waals surface area contributed by atoms with Gasteiger partial charge in [-0.05, 0) is 36.4 Å². The van der Waals surface area contributed by atoms with Gasteiger partial charge < -0.3 is 15.0 Å². The SMILES string of the molecule is COc1cc[nH]c1C=C1C(=O)Nc2ccc3nc4ccccc4nc3c21. The smallest absolute Gasteiger partial charge is 0.256 e. The van der Waals surface area contributed by atoms with Crippen molar-refractivity contribution in [2.45, 2.75) is 0 Å². The fraction of sp³-hybridized carbons (Fsp3) is 0.0500. The number of aromatic amines is 1. The first-order valence-electron chi connectivity index (χ1n) is 8.19. The number of benzene rings is 2. The van der Waals surface area contributed by atoms with Crippen LogP contribution in [0.2, 0.25) is 0 Å². The van der Waals surface area contributed by atoms with E-state index in [4.69, 9.17) is 9.72 Å². The lowest BCUT2D eigenvalue weighted by atomic mass is 10.0. The van der Waals surface area contributed by atoms with E-state index in [1.54, 1.807) is 19.4 Å². The lowest BCUT2D eigenvalue weighted by molar-refractivity contribution is -0.110. The number of ether oxygens (including phenoxy) is 1. The predicted molar refractivity (Wildman–Crippen MR) is 101 cm³/mol. The number of aromatic nitrogens is 3. The Morgan fingerprint density at radius 3 is 2.62 bits per heavy atom. The predicted octanol–water partition coefficient (Wildman–Crippen LogP) is 3.61. The molecule has 3 heterocycles. The maximum absolute atomic E-state index is 12.6. The number of rotatable bonds is 2. The van der Waals surface area contributed by atoms with Crippen molar-refractivity contribution in [2.75, 3.05) is 12.4 Å². The molecule has 0 unspecified atom stereocenters. The lowest BCUT2D eigenvalue weighted by Gasteiger charge is -2.06. The zero-order valence-electron chi connectivity index (χ0n) is 13.9. The number of nitrogens with zero attached hydrogens (tertiary/aromatic N) is 2. The summed E-state index contributed by atoms with van der Waals surface area (Å²) in [5.74, 6) is 0.509. The molecule has 0 radical (unpaired) electrons. The number of anilines is 1. The van der Waals surface area contributed by atoms with E-state index >= 15 is 0 Å². The van der Waals surface area contributed by atoms with E-state index in [1.165, 1.54) is 0 Å². The number of carbonyl (C=O) groups is 1. The molecule has 2 aromatic heterocycles. The van der Waals surface area contributed by atoms with E-state index in [9.17, 15) is 4.79 Å². The summed E-state index contributed by atoms with van der Waals surface area (Å²) in [6.45, 7) is 0. The molecule has 2 N–H and O–H groups in total. The van der Waals surface area contributed by atoms with Gasteiger partial charge in [0.25, 0.3) is 5.91 Å². The summed E-state index contributed by atoms with van der Waals surface area (Å²) in [5, 5.41) is 2.91. The highest BCUT2D eigenvalue weighted by Gasteiger charge is 2.28. The first kappa shape index (κ1) is 14.7. The molecule has 1 aliphatic heterocycles. The van der Waals surface area contributed by atoms with Crippen molar-refractivity contribution in [3.05, 3.63) is 59.9 Å². The van der Waals surface area contributed by atoms with Crippen LogP contribution in [0, 0.1) is 0 Å². The van der Waals surface area contributed by atoms with Gasteiger partial charge in [0, 0.05) is 11.8 Å². The third kappa shape index (κ3) is 2.09. The second-order valence-electron chi connectivity index (χ2n) is 6.04. The number of carbonyl (C=O) groups excluding carboxylic acids is 1. The average molecular weight is 342 g/mol. The van der Waals surface area contributed by atoms with Crippen LogP contribution in [0.25, 0.3) is 33.7 Å². The first-order valence-corrected chi connectivity index (χ1v) is 8.19. The molecule has 0 aliphatic carbocycles. The van der Waals surface area contributed by atoms with Crippen molar-refractivity contribution in [2.24, 2.45) is 0 Å². The molecule has 0 spiro atoms. The van der Waals surface area contributed by atoms with Crippen LogP contribution >= 0.6 is 0 Å². The highest BCUT2D eigenvalue weighted by atomic mass is 16.5. The number of fused-ring (bicyclic) bond motifs is 4. The van der Waals surface area contributed by atoms with Crippen LogP contribution in [0.15, 0.2) is 48.7 Å². The molecule has 26 heavy (non-hydrogen) atoms. The minimum Gasteiger partial charge on any atom is -0.495 e. The van der Waals surface area contributed by atoms with E-state index in [0.29, 0.717) is 16.8 Å². The van der Waals surface area contributed by atoms with Gasteiger partial charge in [-0.2, -0.15) is 0 Å². The van der Waals surface area contributed by atoms with E-state index < -0.39 is 0 Å². The molecule has 126 valence electrons. The fourth-order valence-electron chi connectivity index (χ4n) is 3.31. The Balaban J connectivity index is 1.80. The molecule has 5 rings (SSSR count).